The average Bonchev–Trinajstić information content (AvgIpc) is 2.85. The van der Waals surface area contributed by atoms with Crippen LogP contribution >= 0.6 is 11.6 Å². The van der Waals surface area contributed by atoms with Gasteiger partial charge in [0.2, 0.25) is 0 Å². The highest BCUT2D eigenvalue weighted by Crippen LogP contribution is 2.26. The van der Waals surface area contributed by atoms with Crippen LogP contribution in [0.25, 0.3) is 0 Å². The summed E-state index contributed by atoms with van der Waals surface area (Å²) in [6.07, 6.45) is 1.21. The summed E-state index contributed by atoms with van der Waals surface area (Å²) in [7, 11) is 0. The predicted octanol–water partition coefficient (Wildman–Crippen LogP) is 1.41. The van der Waals surface area contributed by atoms with Crippen molar-refractivity contribution in [3.63, 3.8) is 0 Å². The van der Waals surface area contributed by atoms with Crippen LogP contribution in [0.4, 0.5) is 5.69 Å². The van der Waals surface area contributed by atoms with Crippen molar-refractivity contribution < 1.29 is 14.7 Å². The van der Waals surface area contributed by atoms with E-state index in [4.69, 9.17) is 16.7 Å². The average molecular weight is 267 g/mol. The number of aromatic nitrogens is 3. The Labute approximate surface area is 106 Å². The number of carbonyl (C=O) groups is 2. The first-order chi connectivity index (χ1) is 8.59. The summed E-state index contributed by atoms with van der Waals surface area (Å²) >= 11 is 5.86. The minimum Gasteiger partial charge on any atom is -0.478 e. The Kier molecular flexibility index (Phi) is 3.24. The van der Waals surface area contributed by atoms with Crippen LogP contribution in [0.3, 0.4) is 0 Å². The molecule has 1 aromatic heterocycles. The number of carboxylic acid groups (broad SMARTS) is 1. The summed E-state index contributed by atoms with van der Waals surface area (Å²) in [5, 5.41) is 20.8. The van der Waals surface area contributed by atoms with E-state index < -0.39 is 11.9 Å². The zero-order valence-electron chi connectivity index (χ0n) is 8.85. The molecular weight excluding hydrogens is 260 g/mol. The molecule has 0 radical (unpaired) electrons. The Hall–Kier alpha value is -2.41. The lowest BCUT2D eigenvalue weighted by Crippen LogP contribution is -2.15. The normalized spacial score (nSPS) is 10.1. The van der Waals surface area contributed by atoms with Crippen molar-refractivity contribution in [3.8, 4) is 0 Å². The second-order valence-electron chi connectivity index (χ2n) is 3.28. The first-order valence-corrected chi connectivity index (χ1v) is 5.16. The van der Waals surface area contributed by atoms with E-state index in [1.54, 1.807) is 0 Å². The van der Waals surface area contributed by atoms with Gasteiger partial charge in [0, 0.05) is 0 Å². The van der Waals surface area contributed by atoms with E-state index in [1.807, 2.05) is 0 Å². The summed E-state index contributed by atoms with van der Waals surface area (Å²) in [5.74, 6) is -1.78. The van der Waals surface area contributed by atoms with Crippen molar-refractivity contribution in [2.45, 2.75) is 0 Å². The van der Waals surface area contributed by atoms with E-state index in [0.29, 0.717) is 0 Å². The lowest BCUT2D eigenvalue weighted by Gasteiger charge is -2.08. The maximum atomic E-state index is 11.7. The number of nitrogens with one attached hydrogen (secondary N) is 2. The van der Waals surface area contributed by atoms with Gasteiger partial charge in [-0.25, -0.2) is 4.79 Å². The Bertz CT molecular complexity index is 597. The number of H-pyrrole nitrogens is 1. The van der Waals surface area contributed by atoms with E-state index in [0.717, 1.165) is 0 Å². The fourth-order valence-electron chi connectivity index (χ4n) is 1.32. The summed E-state index contributed by atoms with van der Waals surface area (Å²) in [6, 6.07) is 4.30. The van der Waals surface area contributed by atoms with E-state index >= 15 is 0 Å². The van der Waals surface area contributed by atoms with Crippen molar-refractivity contribution in [2.75, 3.05) is 5.32 Å². The third-order valence-corrected chi connectivity index (χ3v) is 2.45. The van der Waals surface area contributed by atoms with Crippen molar-refractivity contribution in [2.24, 2.45) is 0 Å². The van der Waals surface area contributed by atoms with Gasteiger partial charge in [0.1, 0.15) is 0 Å². The van der Waals surface area contributed by atoms with Gasteiger partial charge in [0.15, 0.2) is 5.69 Å². The summed E-state index contributed by atoms with van der Waals surface area (Å²) in [5.41, 5.74) is -0.0368. The molecule has 0 unspecified atom stereocenters. The molecule has 3 N–H and O–H groups in total. The van der Waals surface area contributed by atoms with Crippen LogP contribution in [-0.4, -0.2) is 32.4 Å². The van der Waals surface area contributed by atoms with Crippen LogP contribution in [0.5, 0.6) is 0 Å². The SMILES string of the molecule is O=C(Nc1c(Cl)cccc1C(=O)O)c1cn[nH]n1. The number of hydrogen-bond acceptors (Lipinski definition) is 4. The van der Waals surface area contributed by atoms with Gasteiger partial charge in [-0.2, -0.15) is 15.4 Å². The lowest BCUT2D eigenvalue weighted by atomic mass is 10.1. The fourth-order valence-corrected chi connectivity index (χ4v) is 1.54. The number of carbonyl (C=O) groups excluding carboxylic acids is 1. The number of anilines is 1. The predicted molar refractivity (Wildman–Crippen MR) is 62.7 cm³/mol. The van der Waals surface area contributed by atoms with Gasteiger partial charge >= 0.3 is 5.97 Å². The molecule has 0 saturated carbocycles. The van der Waals surface area contributed by atoms with E-state index in [1.165, 1.54) is 24.4 Å². The number of rotatable bonds is 3. The van der Waals surface area contributed by atoms with E-state index in [-0.39, 0.29) is 22.0 Å². The molecule has 1 aromatic carbocycles. The van der Waals surface area contributed by atoms with Gasteiger partial charge in [-0.15, -0.1) is 0 Å². The number of carboxylic acids is 1. The molecule has 1 amide bonds. The van der Waals surface area contributed by atoms with Crippen molar-refractivity contribution in [1.82, 2.24) is 15.4 Å². The first-order valence-electron chi connectivity index (χ1n) is 4.78. The van der Waals surface area contributed by atoms with E-state index in [2.05, 4.69) is 20.7 Å². The molecule has 0 aliphatic rings. The largest absolute Gasteiger partial charge is 0.478 e. The summed E-state index contributed by atoms with van der Waals surface area (Å²) in [6.45, 7) is 0. The van der Waals surface area contributed by atoms with E-state index in [9.17, 15) is 9.59 Å². The molecule has 0 saturated heterocycles. The molecule has 0 atom stereocenters. The topological polar surface area (TPSA) is 108 Å². The Morgan fingerprint density at radius 3 is 2.78 bits per heavy atom. The highest BCUT2D eigenvalue weighted by molar-refractivity contribution is 6.34. The number of hydrogen-bond donors (Lipinski definition) is 3. The molecule has 8 heteroatoms. The number of nitrogens with zero attached hydrogens (tertiary/aromatic N) is 2. The van der Waals surface area contributed by atoms with Gasteiger partial charge in [-0.05, 0) is 12.1 Å². The van der Waals surface area contributed by atoms with Crippen molar-refractivity contribution in [3.05, 3.63) is 40.7 Å². The van der Waals surface area contributed by atoms with Crippen molar-refractivity contribution >= 4 is 29.2 Å². The van der Waals surface area contributed by atoms with Crippen LogP contribution in [-0.2, 0) is 0 Å². The molecule has 0 spiro atoms. The van der Waals surface area contributed by atoms with Crippen LogP contribution < -0.4 is 5.32 Å². The Morgan fingerprint density at radius 1 is 1.39 bits per heavy atom. The highest BCUT2D eigenvalue weighted by atomic mass is 35.5. The fraction of sp³-hybridized carbons (Fsp3) is 0. The summed E-state index contributed by atoms with van der Waals surface area (Å²) in [4.78, 5) is 22.7. The second-order valence-corrected chi connectivity index (χ2v) is 3.68. The van der Waals surface area contributed by atoms with Gasteiger partial charge in [-0.3, -0.25) is 4.79 Å². The maximum absolute atomic E-state index is 11.7. The number of halogens is 1. The second kappa shape index (κ2) is 4.84. The number of amides is 1. The standard InChI is InChI=1S/C10H7ClN4O3/c11-6-3-1-2-5(10(17)18)8(6)13-9(16)7-4-12-15-14-7/h1-4H,(H,13,16)(H,17,18)(H,12,14,15). The maximum Gasteiger partial charge on any atom is 0.337 e. The number of para-hydroxylation sites is 1. The minimum absolute atomic E-state index is 0.0275. The van der Waals surface area contributed by atoms with Gasteiger partial charge in [0.25, 0.3) is 5.91 Å². The van der Waals surface area contributed by atoms with Crippen LogP contribution in [0.1, 0.15) is 20.8 Å². The third kappa shape index (κ3) is 2.30. The molecule has 92 valence electrons. The lowest BCUT2D eigenvalue weighted by molar-refractivity contribution is 0.0698. The van der Waals surface area contributed by atoms with Gasteiger partial charge in [-0.1, -0.05) is 17.7 Å². The molecule has 2 rings (SSSR count). The zero-order valence-corrected chi connectivity index (χ0v) is 9.60. The Balaban J connectivity index is 2.34. The Morgan fingerprint density at radius 2 is 2.17 bits per heavy atom. The monoisotopic (exact) mass is 266 g/mol. The number of aromatic amines is 1. The van der Waals surface area contributed by atoms with Gasteiger partial charge in [0.05, 0.1) is 22.5 Å². The minimum atomic E-state index is -1.19. The van der Waals surface area contributed by atoms with Gasteiger partial charge < -0.3 is 10.4 Å². The number of benzene rings is 1. The molecule has 0 bridgehead atoms. The zero-order chi connectivity index (χ0) is 13.1. The van der Waals surface area contributed by atoms with Crippen molar-refractivity contribution in [1.29, 1.82) is 0 Å². The molecular formula is C10H7ClN4O3. The quantitative estimate of drug-likeness (QED) is 0.778. The molecule has 0 aliphatic heterocycles. The highest BCUT2D eigenvalue weighted by Gasteiger charge is 2.17. The first kappa shape index (κ1) is 12.1. The van der Waals surface area contributed by atoms with Crippen LogP contribution in [0, 0.1) is 0 Å². The van der Waals surface area contributed by atoms with Crippen LogP contribution in [0.2, 0.25) is 5.02 Å². The molecule has 0 fully saturated rings. The third-order valence-electron chi connectivity index (χ3n) is 2.13. The molecule has 18 heavy (non-hydrogen) atoms. The molecule has 0 aliphatic carbocycles. The smallest absolute Gasteiger partial charge is 0.337 e. The molecule has 7 nitrogen and oxygen atoms in total. The number of aromatic carboxylic acids is 1. The molecule has 2 aromatic rings. The summed E-state index contributed by atoms with van der Waals surface area (Å²) < 4.78 is 0. The molecule has 1 heterocycles. The van der Waals surface area contributed by atoms with Crippen LogP contribution in [0.15, 0.2) is 24.4 Å².